The number of carbonyl (C=O) groups excluding carboxylic acids is 1. The molecule has 0 radical (unpaired) electrons. The van der Waals surface area contributed by atoms with Crippen molar-refractivity contribution in [3.63, 3.8) is 0 Å². The summed E-state index contributed by atoms with van der Waals surface area (Å²) in [5.74, 6) is 1.55. The van der Waals surface area contributed by atoms with E-state index < -0.39 is 5.60 Å². The Hall–Kier alpha value is -3.05. The number of benzene rings is 2. The van der Waals surface area contributed by atoms with E-state index in [0.717, 1.165) is 33.8 Å². The van der Waals surface area contributed by atoms with Crippen LogP contribution in [0.3, 0.4) is 0 Å². The van der Waals surface area contributed by atoms with E-state index in [9.17, 15) is 9.90 Å². The highest BCUT2D eigenvalue weighted by Gasteiger charge is 2.27. The van der Waals surface area contributed by atoms with Gasteiger partial charge < -0.3 is 19.3 Å². The normalized spacial score (nSPS) is 20.6. The summed E-state index contributed by atoms with van der Waals surface area (Å²) in [6, 6.07) is 12.1. The van der Waals surface area contributed by atoms with Crippen LogP contribution in [0.4, 0.5) is 0 Å². The van der Waals surface area contributed by atoms with E-state index in [-0.39, 0.29) is 11.3 Å². The number of ether oxygens (including phenoxy) is 3. The molecule has 0 bridgehead atoms. The summed E-state index contributed by atoms with van der Waals surface area (Å²) in [6.45, 7) is 5.52. The van der Waals surface area contributed by atoms with Gasteiger partial charge in [-0.15, -0.1) is 0 Å². The van der Waals surface area contributed by atoms with Crippen LogP contribution in [-0.2, 0) is 16.1 Å². The zero-order valence-electron chi connectivity index (χ0n) is 16.6. The highest BCUT2D eigenvalue weighted by atomic mass is 16.6. The maximum Gasteiger partial charge on any atom is 0.161 e. The van der Waals surface area contributed by atoms with Crippen LogP contribution in [0.15, 0.2) is 59.9 Å². The summed E-state index contributed by atoms with van der Waals surface area (Å²) < 4.78 is 17.5. The van der Waals surface area contributed by atoms with Gasteiger partial charge in [-0.05, 0) is 60.4 Å². The maximum absolute atomic E-state index is 11.1. The summed E-state index contributed by atoms with van der Waals surface area (Å²) in [7, 11) is 0. The van der Waals surface area contributed by atoms with Gasteiger partial charge >= 0.3 is 0 Å². The second-order valence-electron chi connectivity index (χ2n) is 7.56. The molecule has 5 nitrogen and oxygen atoms in total. The molecule has 0 saturated carbocycles. The number of aliphatic hydroxyl groups excluding tert-OH is 1. The second kappa shape index (κ2) is 7.76. The van der Waals surface area contributed by atoms with Gasteiger partial charge in [0.2, 0.25) is 0 Å². The lowest BCUT2D eigenvalue weighted by atomic mass is 9.92. The van der Waals surface area contributed by atoms with Crippen molar-refractivity contribution in [1.82, 2.24) is 0 Å². The molecule has 150 valence electrons. The summed E-state index contributed by atoms with van der Waals surface area (Å²) in [5, 5.41) is 9.76. The zero-order valence-corrected chi connectivity index (χ0v) is 16.6. The van der Waals surface area contributed by atoms with E-state index in [4.69, 9.17) is 14.2 Å². The minimum Gasteiger partial charge on any atom is -0.508 e. The van der Waals surface area contributed by atoms with E-state index >= 15 is 0 Å². The van der Waals surface area contributed by atoms with Gasteiger partial charge in [-0.1, -0.05) is 24.3 Å². The van der Waals surface area contributed by atoms with Crippen molar-refractivity contribution in [3.05, 3.63) is 71.0 Å². The quantitative estimate of drug-likeness (QED) is 0.749. The van der Waals surface area contributed by atoms with Crippen LogP contribution >= 0.6 is 0 Å². The number of allylic oxidation sites excluding steroid dienone is 1. The summed E-state index contributed by atoms with van der Waals surface area (Å²) in [5.41, 5.74) is 3.99. The number of hydrogen-bond donors (Lipinski definition) is 1. The third-order valence-electron chi connectivity index (χ3n) is 5.44. The number of aliphatic hydroxyl groups is 1. The van der Waals surface area contributed by atoms with Gasteiger partial charge in [0.05, 0.1) is 17.8 Å². The molecule has 2 aliphatic rings. The monoisotopic (exact) mass is 392 g/mol. The van der Waals surface area contributed by atoms with E-state index in [0.29, 0.717) is 32.5 Å². The lowest BCUT2D eigenvalue weighted by Gasteiger charge is -2.29. The maximum atomic E-state index is 11.1. The predicted molar refractivity (Wildman–Crippen MR) is 110 cm³/mol. The van der Waals surface area contributed by atoms with Gasteiger partial charge in [-0.2, -0.15) is 0 Å². The van der Waals surface area contributed by atoms with Crippen molar-refractivity contribution in [3.8, 4) is 22.6 Å². The SMILES string of the molecule is Cc1c(COC2(C)C=C(C=O)C(O)=CC2)cccc1-c1ccc2c(c1)OCCO2. The van der Waals surface area contributed by atoms with Crippen molar-refractivity contribution in [1.29, 1.82) is 0 Å². The Bertz CT molecular complexity index is 1000. The Morgan fingerprint density at radius 1 is 1.17 bits per heavy atom. The average molecular weight is 392 g/mol. The minimum atomic E-state index is -0.637. The molecule has 2 aromatic carbocycles. The first-order valence-corrected chi connectivity index (χ1v) is 9.69. The Labute approximate surface area is 170 Å². The first kappa shape index (κ1) is 19.3. The molecule has 29 heavy (non-hydrogen) atoms. The number of fused-ring (bicyclic) bond motifs is 1. The average Bonchev–Trinajstić information content (AvgIpc) is 2.74. The highest BCUT2D eigenvalue weighted by molar-refractivity contribution is 5.80. The van der Waals surface area contributed by atoms with Gasteiger partial charge in [0, 0.05) is 6.42 Å². The van der Waals surface area contributed by atoms with Crippen molar-refractivity contribution in [2.45, 2.75) is 32.5 Å². The highest BCUT2D eigenvalue weighted by Crippen LogP contribution is 2.36. The molecule has 1 N–H and O–H groups in total. The third-order valence-corrected chi connectivity index (χ3v) is 5.44. The second-order valence-corrected chi connectivity index (χ2v) is 7.56. The first-order valence-electron chi connectivity index (χ1n) is 9.69. The molecule has 0 spiro atoms. The lowest BCUT2D eigenvalue weighted by molar-refractivity contribution is -0.105. The molecule has 1 aliphatic carbocycles. The van der Waals surface area contributed by atoms with Gasteiger partial charge in [0.15, 0.2) is 17.8 Å². The molecule has 5 heteroatoms. The molecule has 0 amide bonds. The molecule has 4 rings (SSSR count). The van der Waals surface area contributed by atoms with E-state index in [1.54, 1.807) is 12.2 Å². The molecule has 0 fully saturated rings. The molecular weight excluding hydrogens is 368 g/mol. The van der Waals surface area contributed by atoms with Crippen molar-refractivity contribution in [2.75, 3.05) is 13.2 Å². The number of rotatable bonds is 5. The van der Waals surface area contributed by atoms with Crippen LogP contribution < -0.4 is 9.47 Å². The predicted octanol–water partition coefficient (Wildman–Crippen LogP) is 4.68. The molecule has 2 aromatic rings. The molecule has 1 unspecified atom stereocenters. The zero-order chi connectivity index (χ0) is 20.4. The fourth-order valence-corrected chi connectivity index (χ4v) is 3.68. The fourth-order valence-electron chi connectivity index (χ4n) is 3.68. The van der Waals surface area contributed by atoms with Crippen molar-refractivity contribution >= 4 is 6.29 Å². The Morgan fingerprint density at radius 2 is 1.97 bits per heavy atom. The molecule has 1 heterocycles. The fraction of sp³-hybridized carbons (Fsp3) is 0.292. The Morgan fingerprint density at radius 3 is 2.76 bits per heavy atom. The Kier molecular flexibility index (Phi) is 5.16. The van der Waals surface area contributed by atoms with Crippen LogP contribution in [0, 0.1) is 6.92 Å². The topological polar surface area (TPSA) is 65.0 Å². The molecule has 0 saturated heterocycles. The smallest absolute Gasteiger partial charge is 0.161 e. The van der Waals surface area contributed by atoms with Crippen molar-refractivity contribution in [2.24, 2.45) is 0 Å². The van der Waals surface area contributed by atoms with Crippen LogP contribution in [0.1, 0.15) is 24.5 Å². The van der Waals surface area contributed by atoms with Crippen molar-refractivity contribution < 1.29 is 24.1 Å². The number of hydrogen-bond acceptors (Lipinski definition) is 5. The van der Waals surface area contributed by atoms with Crippen LogP contribution in [0.25, 0.3) is 11.1 Å². The standard InChI is InChI=1S/C24H24O5/c1-16-18(15-29-24(2)9-8-21(26)19(13-24)14-25)4-3-5-20(16)17-6-7-22-23(12-17)28-11-10-27-22/h3-8,12-14,26H,9-11,15H2,1-2H3. The van der Waals surface area contributed by atoms with Crippen LogP contribution in [-0.4, -0.2) is 30.2 Å². The molecule has 1 aliphatic heterocycles. The molecule has 1 atom stereocenters. The minimum absolute atomic E-state index is 0.0119. The van der Waals surface area contributed by atoms with Gasteiger partial charge in [0.25, 0.3) is 0 Å². The van der Waals surface area contributed by atoms with E-state index in [1.165, 1.54) is 0 Å². The van der Waals surface area contributed by atoms with Gasteiger partial charge in [0.1, 0.15) is 19.0 Å². The summed E-state index contributed by atoms with van der Waals surface area (Å²) >= 11 is 0. The van der Waals surface area contributed by atoms with Gasteiger partial charge in [-0.25, -0.2) is 0 Å². The summed E-state index contributed by atoms with van der Waals surface area (Å²) in [6.07, 6.45) is 4.48. The largest absolute Gasteiger partial charge is 0.508 e. The summed E-state index contributed by atoms with van der Waals surface area (Å²) in [4.78, 5) is 11.1. The lowest BCUT2D eigenvalue weighted by Crippen LogP contribution is -2.28. The number of carbonyl (C=O) groups is 1. The van der Waals surface area contributed by atoms with E-state index in [2.05, 4.69) is 13.0 Å². The molecule has 0 aromatic heterocycles. The van der Waals surface area contributed by atoms with Crippen LogP contribution in [0.5, 0.6) is 11.5 Å². The Balaban J connectivity index is 1.56. The third kappa shape index (κ3) is 3.91. The van der Waals surface area contributed by atoms with Crippen LogP contribution in [0.2, 0.25) is 0 Å². The van der Waals surface area contributed by atoms with E-state index in [1.807, 2.05) is 37.3 Å². The van der Waals surface area contributed by atoms with Gasteiger partial charge in [-0.3, -0.25) is 4.79 Å². The molecular formula is C24H24O5. The number of aldehydes is 1. The first-order chi connectivity index (χ1) is 14.0.